The van der Waals surface area contributed by atoms with Crippen LogP contribution in [0, 0.1) is 20.8 Å². The largest absolute Gasteiger partial charge is 0.496 e. The van der Waals surface area contributed by atoms with Crippen LogP contribution in [0.25, 0.3) is 0 Å². The maximum absolute atomic E-state index is 12.5. The van der Waals surface area contributed by atoms with E-state index in [1.54, 1.807) is 7.11 Å². The molecule has 116 valence electrons. The van der Waals surface area contributed by atoms with Crippen molar-refractivity contribution in [2.75, 3.05) is 7.11 Å². The minimum atomic E-state index is -0.122. The van der Waals surface area contributed by atoms with Crippen LogP contribution in [-0.4, -0.2) is 13.0 Å². The standard InChI is InChI=1S/C19H23NO2/c1-12-6-8-16(14(3)10-12)19(21)20-15(4)17-11-13(2)7-9-18(17)22-5/h6-11,15H,1-5H3,(H,20,21)/t15-/m0/s1. The van der Waals surface area contributed by atoms with Crippen molar-refractivity contribution >= 4 is 5.91 Å². The summed E-state index contributed by atoms with van der Waals surface area (Å²) in [5, 5.41) is 3.06. The highest BCUT2D eigenvalue weighted by atomic mass is 16.5. The topological polar surface area (TPSA) is 38.3 Å². The number of benzene rings is 2. The van der Waals surface area contributed by atoms with Crippen molar-refractivity contribution in [2.24, 2.45) is 0 Å². The predicted octanol–water partition coefficient (Wildman–Crippen LogP) is 4.11. The van der Waals surface area contributed by atoms with Crippen LogP contribution in [0.1, 0.15) is 45.6 Å². The van der Waals surface area contributed by atoms with Gasteiger partial charge in [-0.25, -0.2) is 0 Å². The van der Waals surface area contributed by atoms with Gasteiger partial charge in [-0.15, -0.1) is 0 Å². The van der Waals surface area contributed by atoms with E-state index in [2.05, 4.69) is 5.32 Å². The van der Waals surface area contributed by atoms with Gasteiger partial charge in [-0.3, -0.25) is 4.79 Å². The van der Waals surface area contributed by atoms with E-state index < -0.39 is 0 Å². The Morgan fingerprint density at radius 3 is 2.32 bits per heavy atom. The molecule has 1 amide bonds. The van der Waals surface area contributed by atoms with E-state index >= 15 is 0 Å². The van der Waals surface area contributed by atoms with Gasteiger partial charge in [-0.1, -0.05) is 35.4 Å². The molecular formula is C19H23NO2. The Morgan fingerprint density at radius 1 is 1.05 bits per heavy atom. The van der Waals surface area contributed by atoms with E-state index in [-0.39, 0.29) is 11.9 Å². The average molecular weight is 297 g/mol. The molecule has 3 heteroatoms. The van der Waals surface area contributed by atoms with E-state index in [1.165, 1.54) is 0 Å². The maximum atomic E-state index is 12.5. The Bertz CT molecular complexity index is 692. The number of amides is 1. The molecule has 22 heavy (non-hydrogen) atoms. The number of rotatable bonds is 4. The summed E-state index contributed by atoms with van der Waals surface area (Å²) in [4.78, 5) is 12.5. The molecule has 1 atom stereocenters. The fourth-order valence-corrected chi connectivity index (χ4v) is 2.61. The Hall–Kier alpha value is -2.29. The summed E-state index contributed by atoms with van der Waals surface area (Å²) < 4.78 is 5.40. The zero-order valence-corrected chi connectivity index (χ0v) is 13.9. The van der Waals surface area contributed by atoms with Crippen LogP contribution < -0.4 is 10.1 Å². The van der Waals surface area contributed by atoms with Crippen molar-refractivity contribution in [3.8, 4) is 5.75 Å². The molecule has 0 unspecified atom stereocenters. The Kier molecular flexibility index (Phi) is 4.86. The first-order valence-electron chi connectivity index (χ1n) is 7.45. The fourth-order valence-electron chi connectivity index (χ4n) is 2.61. The fraction of sp³-hybridized carbons (Fsp3) is 0.316. The first-order chi connectivity index (χ1) is 10.4. The summed E-state index contributed by atoms with van der Waals surface area (Å²) in [5.41, 5.74) is 4.98. The molecule has 0 spiro atoms. The summed E-state index contributed by atoms with van der Waals surface area (Å²) in [6.07, 6.45) is 0. The predicted molar refractivity (Wildman–Crippen MR) is 89.5 cm³/mol. The lowest BCUT2D eigenvalue weighted by Crippen LogP contribution is -2.27. The van der Waals surface area contributed by atoms with E-state index in [9.17, 15) is 4.79 Å². The van der Waals surface area contributed by atoms with Crippen LogP contribution in [-0.2, 0) is 0 Å². The number of aryl methyl sites for hydroxylation is 3. The molecule has 0 aliphatic heterocycles. The summed E-state index contributed by atoms with van der Waals surface area (Å²) in [5.74, 6) is 0.729. The Morgan fingerprint density at radius 2 is 1.68 bits per heavy atom. The van der Waals surface area contributed by atoms with Gasteiger partial charge in [0.2, 0.25) is 0 Å². The summed E-state index contributed by atoms with van der Waals surface area (Å²) in [6, 6.07) is 11.7. The first kappa shape index (κ1) is 16.1. The molecule has 2 aromatic carbocycles. The minimum Gasteiger partial charge on any atom is -0.496 e. The zero-order chi connectivity index (χ0) is 16.3. The highest BCUT2D eigenvalue weighted by molar-refractivity contribution is 5.96. The smallest absolute Gasteiger partial charge is 0.252 e. The zero-order valence-electron chi connectivity index (χ0n) is 13.9. The highest BCUT2D eigenvalue weighted by Gasteiger charge is 2.16. The number of ether oxygens (including phenoxy) is 1. The summed E-state index contributed by atoms with van der Waals surface area (Å²) >= 11 is 0. The molecule has 0 aliphatic rings. The number of carbonyl (C=O) groups is 1. The Labute approximate surface area is 132 Å². The van der Waals surface area contributed by atoms with Gasteiger partial charge >= 0.3 is 0 Å². The lowest BCUT2D eigenvalue weighted by molar-refractivity contribution is 0.0939. The van der Waals surface area contributed by atoms with Gasteiger partial charge in [0.15, 0.2) is 0 Å². The van der Waals surface area contributed by atoms with Gasteiger partial charge in [0, 0.05) is 11.1 Å². The molecule has 0 radical (unpaired) electrons. The van der Waals surface area contributed by atoms with Crippen molar-refractivity contribution in [3.05, 3.63) is 64.2 Å². The molecule has 0 heterocycles. The summed E-state index contributed by atoms with van der Waals surface area (Å²) in [6.45, 7) is 7.98. The lowest BCUT2D eigenvalue weighted by Gasteiger charge is -2.18. The number of hydrogen-bond donors (Lipinski definition) is 1. The number of nitrogens with one attached hydrogen (secondary N) is 1. The third-order valence-electron chi connectivity index (χ3n) is 3.83. The van der Waals surface area contributed by atoms with Crippen LogP contribution in [0.4, 0.5) is 0 Å². The van der Waals surface area contributed by atoms with Gasteiger partial charge in [-0.05, 0) is 45.4 Å². The molecule has 2 aromatic rings. The number of hydrogen-bond acceptors (Lipinski definition) is 2. The van der Waals surface area contributed by atoms with Crippen LogP contribution in [0.15, 0.2) is 36.4 Å². The van der Waals surface area contributed by atoms with Gasteiger partial charge in [0.25, 0.3) is 5.91 Å². The van der Waals surface area contributed by atoms with Crippen molar-refractivity contribution in [2.45, 2.75) is 33.7 Å². The third kappa shape index (κ3) is 3.48. The summed E-state index contributed by atoms with van der Waals surface area (Å²) in [7, 11) is 1.65. The molecule has 1 N–H and O–H groups in total. The van der Waals surface area contributed by atoms with Crippen LogP contribution >= 0.6 is 0 Å². The van der Waals surface area contributed by atoms with Crippen LogP contribution in [0.3, 0.4) is 0 Å². The second kappa shape index (κ2) is 6.65. The third-order valence-corrected chi connectivity index (χ3v) is 3.83. The van der Waals surface area contributed by atoms with Gasteiger partial charge in [0.05, 0.1) is 13.2 Å². The molecule has 0 saturated carbocycles. The molecule has 2 rings (SSSR count). The SMILES string of the molecule is COc1ccc(C)cc1[C@H](C)NC(=O)c1ccc(C)cc1C. The van der Waals surface area contributed by atoms with Crippen LogP contribution in [0.5, 0.6) is 5.75 Å². The Balaban J connectivity index is 2.23. The van der Waals surface area contributed by atoms with Crippen LogP contribution in [0.2, 0.25) is 0 Å². The minimum absolute atomic E-state index is 0.0615. The quantitative estimate of drug-likeness (QED) is 0.922. The second-order valence-corrected chi connectivity index (χ2v) is 5.76. The van der Waals surface area contributed by atoms with Crippen molar-refractivity contribution in [3.63, 3.8) is 0 Å². The van der Waals surface area contributed by atoms with E-state index in [0.29, 0.717) is 5.56 Å². The molecule has 0 fully saturated rings. The molecule has 0 aromatic heterocycles. The lowest BCUT2D eigenvalue weighted by atomic mass is 10.0. The van der Waals surface area contributed by atoms with E-state index in [1.807, 2.05) is 64.1 Å². The number of methoxy groups -OCH3 is 1. The normalized spacial score (nSPS) is 11.9. The first-order valence-corrected chi connectivity index (χ1v) is 7.45. The van der Waals surface area contributed by atoms with E-state index in [4.69, 9.17) is 4.74 Å². The van der Waals surface area contributed by atoms with Gasteiger partial charge < -0.3 is 10.1 Å². The average Bonchev–Trinajstić information content (AvgIpc) is 2.46. The molecule has 3 nitrogen and oxygen atoms in total. The van der Waals surface area contributed by atoms with Gasteiger partial charge in [0.1, 0.15) is 5.75 Å². The van der Waals surface area contributed by atoms with Crippen molar-refractivity contribution < 1.29 is 9.53 Å². The number of carbonyl (C=O) groups excluding carboxylic acids is 1. The maximum Gasteiger partial charge on any atom is 0.252 e. The molecule has 0 saturated heterocycles. The molecule has 0 aliphatic carbocycles. The second-order valence-electron chi connectivity index (χ2n) is 5.76. The van der Waals surface area contributed by atoms with Gasteiger partial charge in [-0.2, -0.15) is 0 Å². The molecular weight excluding hydrogens is 274 g/mol. The molecule has 0 bridgehead atoms. The van der Waals surface area contributed by atoms with Crippen molar-refractivity contribution in [1.29, 1.82) is 0 Å². The monoisotopic (exact) mass is 297 g/mol. The highest BCUT2D eigenvalue weighted by Crippen LogP contribution is 2.26. The van der Waals surface area contributed by atoms with E-state index in [0.717, 1.165) is 28.0 Å². The van der Waals surface area contributed by atoms with Crippen molar-refractivity contribution in [1.82, 2.24) is 5.32 Å².